The number of carbonyl (C=O) groups is 2. The Morgan fingerprint density at radius 1 is 1.25 bits per heavy atom. The summed E-state index contributed by atoms with van der Waals surface area (Å²) in [6, 6.07) is 0. The van der Waals surface area contributed by atoms with Crippen molar-refractivity contribution in [2.75, 3.05) is 39.3 Å². The van der Waals surface area contributed by atoms with Crippen LogP contribution in [0.3, 0.4) is 0 Å². The highest BCUT2D eigenvalue weighted by molar-refractivity contribution is 5.95. The first-order chi connectivity index (χ1) is 9.66. The maximum atomic E-state index is 12.2. The molecule has 20 heavy (non-hydrogen) atoms. The maximum absolute atomic E-state index is 12.2. The number of hydrogen-bond donors (Lipinski definition) is 1. The predicted molar refractivity (Wildman–Crippen MR) is 77.5 cm³/mol. The second-order valence-electron chi connectivity index (χ2n) is 5.10. The van der Waals surface area contributed by atoms with Gasteiger partial charge in [-0.3, -0.25) is 19.5 Å². The third kappa shape index (κ3) is 4.16. The first-order valence-corrected chi connectivity index (χ1v) is 7.15. The second kappa shape index (κ2) is 7.19. The van der Waals surface area contributed by atoms with Gasteiger partial charge in [0, 0.05) is 52.4 Å². The molecule has 2 aliphatic heterocycles. The largest absolute Gasteiger partial charge is 0.355 e. The topological polar surface area (TPSA) is 65.0 Å². The van der Waals surface area contributed by atoms with Gasteiger partial charge in [0.1, 0.15) is 5.70 Å². The fourth-order valence-electron chi connectivity index (χ4n) is 2.38. The smallest absolute Gasteiger partial charge is 0.272 e. The van der Waals surface area contributed by atoms with Gasteiger partial charge in [0.2, 0.25) is 5.91 Å². The van der Waals surface area contributed by atoms with Crippen molar-refractivity contribution in [3.8, 4) is 0 Å². The molecule has 1 N–H and O–H groups in total. The van der Waals surface area contributed by atoms with Gasteiger partial charge in [0.15, 0.2) is 0 Å². The molecule has 0 aromatic heterocycles. The first kappa shape index (κ1) is 14.7. The van der Waals surface area contributed by atoms with Gasteiger partial charge in [-0.2, -0.15) is 0 Å². The monoisotopic (exact) mass is 278 g/mol. The zero-order chi connectivity index (χ0) is 14.4. The lowest BCUT2D eigenvalue weighted by Gasteiger charge is -2.34. The van der Waals surface area contributed by atoms with Crippen LogP contribution in [0, 0.1) is 0 Å². The molecule has 2 aliphatic rings. The molecule has 2 rings (SSSR count). The van der Waals surface area contributed by atoms with E-state index in [1.165, 1.54) is 6.92 Å². The van der Waals surface area contributed by atoms with Gasteiger partial charge >= 0.3 is 0 Å². The van der Waals surface area contributed by atoms with Crippen LogP contribution >= 0.6 is 0 Å². The molecule has 0 unspecified atom stereocenters. The SMILES string of the molecule is CC(=O)NCCN1CCN(C(=O)C2=CCCC=N2)CC1. The number of amides is 2. The fourth-order valence-corrected chi connectivity index (χ4v) is 2.38. The molecule has 2 heterocycles. The van der Waals surface area contributed by atoms with Crippen molar-refractivity contribution < 1.29 is 9.59 Å². The highest BCUT2D eigenvalue weighted by Crippen LogP contribution is 2.12. The molecule has 0 aromatic carbocycles. The van der Waals surface area contributed by atoms with Gasteiger partial charge in [-0.1, -0.05) is 6.08 Å². The highest BCUT2D eigenvalue weighted by atomic mass is 16.2. The van der Waals surface area contributed by atoms with Crippen LogP contribution in [0.1, 0.15) is 19.8 Å². The van der Waals surface area contributed by atoms with Crippen LogP contribution in [0.25, 0.3) is 0 Å². The Kier molecular flexibility index (Phi) is 5.29. The van der Waals surface area contributed by atoms with Gasteiger partial charge in [0.05, 0.1) is 0 Å². The van der Waals surface area contributed by atoms with Crippen molar-refractivity contribution in [1.82, 2.24) is 15.1 Å². The summed E-state index contributed by atoms with van der Waals surface area (Å²) in [7, 11) is 0. The molecule has 0 radical (unpaired) electrons. The number of hydrogen-bond acceptors (Lipinski definition) is 4. The Balaban J connectivity index is 1.73. The molecule has 2 amide bonds. The minimum atomic E-state index is 0.000844. The molecular weight excluding hydrogens is 256 g/mol. The van der Waals surface area contributed by atoms with Gasteiger partial charge in [-0.15, -0.1) is 0 Å². The lowest BCUT2D eigenvalue weighted by Crippen LogP contribution is -2.50. The summed E-state index contributed by atoms with van der Waals surface area (Å²) < 4.78 is 0. The molecule has 0 aromatic rings. The van der Waals surface area contributed by atoms with E-state index in [2.05, 4.69) is 15.2 Å². The minimum absolute atomic E-state index is 0.000844. The van der Waals surface area contributed by atoms with Gasteiger partial charge in [-0.25, -0.2) is 0 Å². The highest BCUT2D eigenvalue weighted by Gasteiger charge is 2.23. The molecule has 6 heteroatoms. The fraction of sp³-hybridized carbons (Fsp3) is 0.643. The zero-order valence-electron chi connectivity index (χ0n) is 12.0. The second-order valence-corrected chi connectivity index (χ2v) is 5.10. The Bertz CT molecular complexity index is 423. The number of piperazine rings is 1. The van der Waals surface area contributed by atoms with Crippen LogP contribution in [-0.2, 0) is 9.59 Å². The summed E-state index contributed by atoms with van der Waals surface area (Å²) in [5.74, 6) is 0.0448. The Hall–Kier alpha value is -1.69. The predicted octanol–water partition coefficient (Wildman–Crippen LogP) is 0.0152. The number of carbonyl (C=O) groups excluding carboxylic acids is 2. The summed E-state index contributed by atoms with van der Waals surface area (Å²) in [6.45, 7) is 6.18. The third-order valence-corrected chi connectivity index (χ3v) is 3.54. The third-order valence-electron chi connectivity index (χ3n) is 3.54. The van der Waals surface area contributed by atoms with Crippen LogP contribution in [0.2, 0.25) is 0 Å². The van der Waals surface area contributed by atoms with Gasteiger partial charge in [0.25, 0.3) is 5.91 Å². The van der Waals surface area contributed by atoms with Crippen LogP contribution in [-0.4, -0.2) is 67.1 Å². The van der Waals surface area contributed by atoms with E-state index in [4.69, 9.17) is 0 Å². The van der Waals surface area contributed by atoms with E-state index < -0.39 is 0 Å². The van der Waals surface area contributed by atoms with E-state index in [0.717, 1.165) is 45.6 Å². The van der Waals surface area contributed by atoms with E-state index in [0.29, 0.717) is 12.2 Å². The van der Waals surface area contributed by atoms with Crippen molar-refractivity contribution >= 4 is 18.0 Å². The number of aliphatic imine (C=N–C) groups is 1. The van der Waals surface area contributed by atoms with Gasteiger partial charge in [-0.05, 0) is 12.8 Å². The molecule has 0 spiro atoms. The van der Waals surface area contributed by atoms with Crippen molar-refractivity contribution in [2.24, 2.45) is 4.99 Å². The van der Waals surface area contributed by atoms with Gasteiger partial charge < -0.3 is 10.2 Å². The molecule has 0 saturated carbocycles. The molecule has 1 saturated heterocycles. The minimum Gasteiger partial charge on any atom is -0.355 e. The van der Waals surface area contributed by atoms with E-state index in [1.54, 1.807) is 0 Å². The lowest BCUT2D eigenvalue weighted by atomic mass is 10.2. The Morgan fingerprint density at radius 2 is 2.00 bits per heavy atom. The molecule has 1 fully saturated rings. The first-order valence-electron chi connectivity index (χ1n) is 7.15. The summed E-state index contributed by atoms with van der Waals surface area (Å²) >= 11 is 0. The summed E-state index contributed by atoms with van der Waals surface area (Å²) in [6.07, 6.45) is 5.57. The molecule has 110 valence electrons. The molecule has 6 nitrogen and oxygen atoms in total. The van der Waals surface area contributed by atoms with Crippen LogP contribution in [0.4, 0.5) is 0 Å². The number of allylic oxidation sites excluding steroid dienone is 1. The number of rotatable bonds is 4. The standard InChI is InChI=1S/C14H22N4O2/c1-12(19)15-6-7-17-8-10-18(11-9-17)14(20)13-4-2-3-5-16-13/h4-5H,2-3,6-11H2,1H3,(H,15,19). The summed E-state index contributed by atoms with van der Waals surface area (Å²) in [5, 5.41) is 2.79. The average molecular weight is 278 g/mol. The van der Waals surface area contributed by atoms with Crippen LogP contribution < -0.4 is 5.32 Å². The van der Waals surface area contributed by atoms with E-state index in [-0.39, 0.29) is 11.8 Å². The van der Waals surface area contributed by atoms with Crippen molar-refractivity contribution in [1.29, 1.82) is 0 Å². The average Bonchev–Trinajstić information content (AvgIpc) is 2.48. The summed E-state index contributed by atoms with van der Waals surface area (Å²) in [5.41, 5.74) is 0.586. The van der Waals surface area contributed by atoms with E-state index >= 15 is 0 Å². The number of nitrogens with zero attached hydrogens (tertiary/aromatic N) is 3. The Morgan fingerprint density at radius 3 is 2.60 bits per heavy atom. The Labute approximate surface area is 119 Å². The van der Waals surface area contributed by atoms with E-state index in [1.807, 2.05) is 17.2 Å². The van der Waals surface area contributed by atoms with Crippen LogP contribution in [0.5, 0.6) is 0 Å². The zero-order valence-corrected chi connectivity index (χ0v) is 12.0. The molecule has 0 aliphatic carbocycles. The van der Waals surface area contributed by atoms with Crippen LogP contribution in [0.15, 0.2) is 16.8 Å². The normalized spacial score (nSPS) is 19.6. The molecule has 0 bridgehead atoms. The molecular formula is C14H22N4O2. The van der Waals surface area contributed by atoms with E-state index in [9.17, 15) is 9.59 Å². The van der Waals surface area contributed by atoms with Crippen molar-refractivity contribution in [3.63, 3.8) is 0 Å². The lowest BCUT2D eigenvalue weighted by molar-refractivity contribution is -0.128. The summed E-state index contributed by atoms with van der Waals surface area (Å²) in [4.78, 5) is 31.3. The quantitative estimate of drug-likeness (QED) is 0.788. The number of nitrogens with one attached hydrogen (secondary N) is 1. The van der Waals surface area contributed by atoms with Crippen molar-refractivity contribution in [3.05, 3.63) is 11.8 Å². The maximum Gasteiger partial charge on any atom is 0.272 e. The molecule has 0 atom stereocenters. The van der Waals surface area contributed by atoms with Crippen molar-refractivity contribution in [2.45, 2.75) is 19.8 Å².